The van der Waals surface area contributed by atoms with Crippen molar-refractivity contribution in [3.63, 3.8) is 0 Å². The average Bonchev–Trinajstić information content (AvgIpc) is 2.86. The minimum atomic E-state index is 0.338. The van der Waals surface area contributed by atoms with Gasteiger partial charge in [-0.3, -0.25) is 0 Å². The fourth-order valence-electron chi connectivity index (χ4n) is 2.87. The van der Waals surface area contributed by atoms with Gasteiger partial charge in [0.05, 0.1) is 7.11 Å². The van der Waals surface area contributed by atoms with Gasteiger partial charge in [0.2, 0.25) is 0 Å². The second-order valence-corrected chi connectivity index (χ2v) is 9.14. The molecule has 0 bridgehead atoms. The van der Waals surface area contributed by atoms with Crippen molar-refractivity contribution in [2.24, 2.45) is 0 Å². The van der Waals surface area contributed by atoms with Crippen LogP contribution in [-0.4, -0.2) is 7.11 Å². The zero-order valence-electron chi connectivity index (χ0n) is 14.1. The Labute approximate surface area is 149 Å². The van der Waals surface area contributed by atoms with Crippen molar-refractivity contribution >= 4 is 33.9 Å². The van der Waals surface area contributed by atoms with Crippen molar-refractivity contribution in [1.29, 1.82) is 0 Å². The molecule has 1 nitrogen and oxygen atoms in total. The molecule has 0 N–H and O–H groups in total. The van der Waals surface area contributed by atoms with E-state index in [0.717, 1.165) is 5.75 Å². The largest absolute Gasteiger partial charge is 0.495 e. The maximum absolute atomic E-state index is 5.49. The molecular weight excluding hydrogens is 391 g/mol. The van der Waals surface area contributed by atoms with Gasteiger partial charge < -0.3 is 4.74 Å². The maximum Gasteiger partial charge on any atom is 0.143 e. The first-order chi connectivity index (χ1) is 10.1. The van der Waals surface area contributed by atoms with E-state index in [2.05, 4.69) is 49.4 Å². The molecule has 21 heavy (non-hydrogen) atoms. The van der Waals surface area contributed by atoms with Crippen LogP contribution in [0.2, 0.25) is 0 Å². The standard InChI is InChI=1S/C18H31IOS/c1-5-7-9-11-13-18(3,12-10-8-6-2)16-14-15(20-4)17(19)21-16/h14H,5-13H2,1-4H3. The van der Waals surface area contributed by atoms with Gasteiger partial charge in [-0.2, -0.15) is 0 Å². The number of thiophene rings is 1. The van der Waals surface area contributed by atoms with Crippen LogP contribution >= 0.6 is 33.9 Å². The molecule has 1 aromatic rings. The van der Waals surface area contributed by atoms with E-state index in [1.807, 2.05) is 11.3 Å². The van der Waals surface area contributed by atoms with Gasteiger partial charge in [0.25, 0.3) is 0 Å². The summed E-state index contributed by atoms with van der Waals surface area (Å²) in [4.78, 5) is 1.52. The Balaban J connectivity index is 2.77. The predicted molar refractivity (Wildman–Crippen MR) is 104 cm³/mol. The highest BCUT2D eigenvalue weighted by Gasteiger charge is 2.28. The molecule has 0 radical (unpaired) electrons. The summed E-state index contributed by atoms with van der Waals surface area (Å²) in [6, 6.07) is 2.29. The van der Waals surface area contributed by atoms with Crippen LogP contribution in [0.1, 0.15) is 83.4 Å². The third-order valence-corrected chi connectivity index (χ3v) is 6.79. The number of ether oxygens (including phenoxy) is 1. The summed E-state index contributed by atoms with van der Waals surface area (Å²) >= 11 is 4.34. The Hall–Kier alpha value is 0.230. The zero-order chi connectivity index (χ0) is 15.7. The summed E-state index contributed by atoms with van der Waals surface area (Å²) in [7, 11) is 1.78. The molecule has 1 rings (SSSR count). The van der Waals surface area contributed by atoms with Gasteiger partial charge in [0.15, 0.2) is 0 Å². The molecule has 3 heteroatoms. The average molecular weight is 422 g/mol. The van der Waals surface area contributed by atoms with Crippen molar-refractivity contribution in [3.8, 4) is 5.75 Å². The topological polar surface area (TPSA) is 9.23 Å². The lowest BCUT2D eigenvalue weighted by Gasteiger charge is -2.29. The number of methoxy groups -OCH3 is 1. The Morgan fingerprint density at radius 3 is 2.14 bits per heavy atom. The van der Waals surface area contributed by atoms with Crippen LogP contribution in [0.3, 0.4) is 0 Å². The minimum Gasteiger partial charge on any atom is -0.495 e. The lowest BCUT2D eigenvalue weighted by atomic mass is 9.78. The summed E-state index contributed by atoms with van der Waals surface area (Å²) in [6.45, 7) is 7.04. The van der Waals surface area contributed by atoms with Gasteiger partial charge in [-0.15, -0.1) is 11.3 Å². The highest BCUT2D eigenvalue weighted by Crippen LogP contribution is 2.43. The predicted octanol–water partition coefficient (Wildman–Crippen LogP) is 7.17. The summed E-state index contributed by atoms with van der Waals surface area (Å²) < 4.78 is 6.78. The summed E-state index contributed by atoms with van der Waals surface area (Å²) in [5, 5.41) is 0. The van der Waals surface area contributed by atoms with E-state index in [-0.39, 0.29) is 0 Å². The minimum absolute atomic E-state index is 0.338. The molecule has 0 aliphatic rings. The SMILES string of the molecule is CCCCCCC(C)(CCCCC)c1cc(OC)c(I)s1. The van der Waals surface area contributed by atoms with Crippen molar-refractivity contribution in [2.45, 2.75) is 84.0 Å². The van der Waals surface area contributed by atoms with Gasteiger partial charge in [0.1, 0.15) is 8.63 Å². The smallest absolute Gasteiger partial charge is 0.143 e. The van der Waals surface area contributed by atoms with E-state index in [9.17, 15) is 0 Å². The summed E-state index contributed by atoms with van der Waals surface area (Å²) in [5.41, 5.74) is 0.338. The molecule has 0 amide bonds. The molecule has 0 aliphatic heterocycles. The number of hydrogen-bond acceptors (Lipinski definition) is 2. The number of rotatable bonds is 11. The van der Waals surface area contributed by atoms with Gasteiger partial charge in [-0.1, -0.05) is 65.7 Å². The van der Waals surface area contributed by atoms with E-state index < -0.39 is 0 Å². The molecule has 0 saturated heterocycles. The van der Waals surface area contributed by atoms with E-state index in [1.165, 1.54) is 65.5 Å². The van der Waals surface area contributed by atoms with Crippen molar-refractivity contribution in [2.75, 3.05) is 7.11 Å². The monoisotopic (exact) mass is 422 g/mol. The Morgan fingerprint density at radius 1 is 1.05 bits per heavy atom. The van der Waals surface area contributed by atoms with E-state index >= 15 is 0 Å². The molecule has 1 unspecified atom stereocenters. The maximum atomic E-state index is 5.49. The van der Waals surface area contributed by atoms with Crippen LogP contribution in [0.25, 0.3) is 0 Å². The molecule has 1 atom stereocenters. The summed E-state index contributed by atoms with van der Waals surface area (Å²) in [5.74, 6) is 1.06. The van der Waals surface area contributed by atoms with Crippen LogP contribution in [-0.2, 0) is 5.41 Å². The second kappa shape index (κ2) is 10.1. The van der Waals surface area contributed by atoms with Crippen LogP contribution in [0.4, 0.5) is 0 Å². The fraction of sp³-hybridized carbons (Fsp3) is 0.778. The molecule has 122 valence electrons. The molecule has 1 aromatic heterocycles. The van der Waals surface area contributed by atoms with Crippen molar-refractivity contribution in [1.82, 2.24) is 0 Å². The molecule has 0 aliphatic carbocycles. The Kier molecular flexibility index (Phi) is 9.26. The summed E-state index contributed by atoms with van der Waals surface area (Å²) in [6.07, 6.45) is 12.0. The lowest BCUT2D eigenvalue weighted by Crippen LogP contribution is -2.20. The van der Waals surface area contributed by atoms with Crippen LogP contribution in [0, 0.1) is 2.88 Å². The first kappa shape index (κ1) is 19.3. The van der Waals surface area contributed by atoms with Gasteiger partial charge >= 0.3 is 0 Å². The van der Waals surface area contributed by atoms with Crippen molar-refractivity contribution < 1.29 is 4.74 Å². The van der Waals surface area contributed by atoms with E-state index in [4.69, 9.17) is 4.74 Å². The van der Waals surface area contributed by atoms with E-state index in [1.54, 1.807) is 7.11 Å². The fourth-order valence-corrected chi connectivity index (χ4v) is 5.01. The van der Waals surface area contributed by atoms with Crippen LogP contribution in [0.15, 0.2) is 6.07 Å². The quantitative estimate of drug-likeness (QED) is 0.271. The van der Waals surface area contributed by atoms with Crippen LogP contribution < -0.4 is 4.74 Å². The normalized spacial score (nSPS) is 14.1. The van der Waals surface area contributed by atoms with Crippen molar-refractivity contribution in [3.05, 3.63) is 13.8 Å². The molecular formula is C18H31IOS. The Bertz CT molecular complexity index is 402. The Morgan fingerprint density at radius 2 is 1.62 bits per heavy atom. The van der Waals surface area contributed by atoms with Crippen LogP contribution in [0.5, 0.6) is 5.75 Å². The van der Waals surface area contributed by atoms with E-state index in [0.29, 0.717) is 5.41 Å². The third kappa shape index (κ3) is 6.09. The number of unbranched alkanes of at least 4 members (excludes halogenated alkanes) is 5. The number of halogens is 1. The zero-order valence-corrected chi connectivity index (χ0v) is 17.1. The molecule has 0 fully saturated rings. The first-order valence-corrected chi connectivity index (χ1v) is 10.3. The second-order valence-electron chi connectivity index (χ2n) is 6.28. The van der Waals surface area contributed by atoms with Gasteiger partial charge in [0, 0.05) is 10.3 Å². The number of hydrogen-bond donors (Lipinski definition) is 0. The molecule has 0 aromatic carbocycles. The highest BCUT2D eigenvalue weighted by molar-refractivity contribution is 14.1. The van der Waals surface area contributed by atoms with Gasteiger partial charge in [-0.25, -0.2) is 0 Å². The molecule has 0 saturated carbocycles. The lowest BCUT2D eigenvalue weighted by molar-refractivity contribution is 0.369. The highest BCUT2D eigenvalue weighted by atomic mass is 127. The van der Waals surface area contributed by atoms with Gasteiger partial charge in [-0.05, 0) is 41.5 Å². The molecule has 1 heterocycles. The third-order valence-electron chi connectivity index (χ3n) is 4.38. The first-order valence-electron chi connectivity index (χ1n) is 8.41. The molecule has 0 spiro atoms.